The van der Waals surface area contributed by atoms with Crippen LogP contribution in [0.2, 0.25) is 0 Å². The van der Waals surface area contributed by atoms with E-state index in [1.54, 1.807) is 18.2 Å². The van der Waals surface area contributed by atoms with Crippen LogP contribution in [-0.4, -0.2) is 42.4 Å². The van der Waals surface area contributed by atoms with Gasteiger partial charge in [0.05, 0.1) is 5.69 Å². The maximum Gasteiger partial charge on any atom is 0.258 e. The number of anilines is 1. The zero-order valence-electron chi connectivity index (χ0n) is 16.6. The first-order valence-electron chi connectivity index (χ1n) is 9.52. The number of nitrogen functional groups attached to an aromatic ring is 1. The molecule has 1 aromatic heterocycles. The number of fused-ring (bicyclic) bond motifs is 1. The molecule has 1 aliphatic rings. The summed E-state index contributed by atoms with van der Waals surface area (Å²) in [6.07, 6.45) is 1.17. The average Bonchev–Trinajstić information content (AvgIpc) is 3.37. The molecular formula is C20H21N5O5S. The number of carbonyl (C=O) groups is 1. The molecular weight excluding hydrogens is 422 g/mol. The number of aromatic hydroxyl groups is 1. The molecule has 0 unspecified atom stereocenters. The number of carbonyl (C=O) groups excluding carboxylic acids is 1. The van der Waals surface area contributed by atoms with Gasteiger partial charge in [0.25, 0.3) is 5.89 Å². The lowest BCUT2D eigenvalue weighted by Crippen LogP contribution is -2.36. The number of phenolic OH excluding ortho intramolecular Hbond substituents is 1. The molecule has 11 heteroatoms. The van der Waals surface area contributed by atoms with Crippen LogP contribution in [0.3, 0.4) is 0 Å². The molecule has 0 saturated carbocycles. The second-order valence-corrected chi connectivity index (χ2v) is 8.97. The summed E-state index contributed by atoms with van der Waals surface area (Å²) in [4.78, 5) is 15.9. The predicted octanol–water partition coefficient (Wildman–Crippen LogP) is 1.34. The van der Waals surface area contributed by atoms with Crippen LogP contribution in [-0.2, 0) is 21.2 Å². The van der Waals surface area contributed by atoms with Crippen LogP contribution < -0.4 is 15.8 Å². The summed E-state index contributed by atoms with van der Waals surface area (Å²) in [6, 6.07) is 9.67. The van der Waals surface area contributed by atoms with Crippen LogP contribution in [0, 0.1) is 0 Å². The molecule has 0 bridgehead atoms. The summed E-state index contributed by atoms with van der Waals surface area (Å²) >= 11 is 0. The van der Waals surface area contributed by atoms with E-state index >= 15 is 0 Å². The van der Waals surface area contributed by atoms with Crippen LogP contribution in [0.4, 0.5) is 5.69 Å². The molecule has 1 aliphatic carbocycles. The van der Waals surface area contributed by atoms with Gasteiger partial charge in [-0.2, -0.15) is 4.98 Å². The summed E-state index contributed by atoms with van der Waals surface area (Å²) in [6.45, 7) is 0. The van der Waals surface area contributed by atoms with Gasteiger partial charge < -0.3 is 20.7 Å². The van der Waals surface area contributed by atoms with E-state index in [1.165, 1.54) is 13.1 Å². The van der Waals surface area contributed by atoms with Crippen LogP contribution in [0.15, 0.2) is 40.9 Å². The summed E-state index contributed by atoms with van der Waals surface area (Å²) in [5.41, 5.74) is 8.99. The zero-order chi connectivity index (χ0) is 22.2. The minimum atomic E-state index is -3.78. The number of phenols is 1. The highest BCUT2D eigenvalue weighted by molar-refractivity contribution is 7.90. The number of nitrogens with two attached hydrogens (primary N) is 1. The second-order valence-electron chi connectivity index (χ2n) is 7.21. The summed E-state index contributed by atoms with van der Waals surface area (Å²) in [7, 11) is -2.39. The topological polar surface area (TPSA) is 160 Å². The van der Waals surface area contributed by atoms with E-state index in [0.717, 1.165) is 16.7 Å². The Morgan fingerprint density at radius 3 is 2.87 bits per heavy atom. The van der Waals surface area contributed by atoms with Gasteiger partial charge >= 0.3 is 0 Å². The fourth-order valence-corrected chi connectivity index (χ4v) is 4.88. The van der Waals surface area contributed by atoms with E-state index in [-0.39, 0.29) is 17.3 Å². The van der Waals surface area contributed by atoms with Gasteiger partial charge in [-0.25, -0.2) is 13.1 Å². The van der Waals surface area contributed by atoms with E-state index in [4.69, 9.17) is 10.3 Å². The molecule has 0 radical (unpaired) electrons. The number of aromatic nitrogens is 2. The van der Waals surface area contributed by atoms with E-state index < -0.39 is 27.7 Å². The Bertz CT molecular complexity index is 1250. The van der Waals surface area contributed by atoms with Crippen molar-refractivity contribution < 1.29 is 22.8 Å². The van der Waals surface area contributed by atoms with Crippen LogP contribution >= 0.6 is 0 Å². The largest absolute Gasteiger partial charge is 0.506 e. The minimum absolute atomic E-state index is 0.0331. The van der Waals surface area contributed by atoms with Crippen molar-refractivity contribution in [2.45, 2.75) is 18.9 Å². The highest BCUT2D eigenvalue weighted by atomic mass is 32.2. The highest BCUT2D eigenvalue weighted by Crippen LogP contribution is 2.38. The van der Waals surface area contributed by atoms with Crippen LogP contribution in [0.25, 0.3) is 22.8 Å². The molecule has 4 rings (SSSR count). The normalized spacial score (nSPS) is 15.6. The third kappa shape index (κ3) is 4.23. The second kappa shape index (κ2) is 8.00. The van der Waals surface area contributed by atoms with Crippen molar-refractivity contribution in [2.24, 2.45) is 0 Å². The molecule has 162 valence electrons. The molecule has 1 heterocycles. The maximum atomic E-state index is 12.3. The van der Waals surface area contributed by atoms with Gasteiger partial charge in [-0.3, -0.25) is 4.79 Å². The van der Waals surface area contributed by atoms with Crippen molar-refractivity contribution in [1.29, 1.82) is 0 Å². The van der Waals surface area contributed by atoms with Gasteiger partial charge in [0.2, 0.25) is 21.8 Å². The SMILES string of the molecule is CNC(=O)CS(=O)(=O)N[C@H]1CCc2c(-c3noc(-c4ccc(O)c(N)c4)n3)cccc21. The van der Waals surface area contributed by atoms with Crippen molar-refractivity contribution in [3.63, 3.8) is 0 Å². The standard InChI is InChI=1S/C20H21N5O5S/c1-22-18(27)10-31(28,29)25-16-7-6-12-13(16)3-2-4-14(12)19-23-20(30-24-19)11-5-8-17(26)15(21)9-11/h2-5,8-9,16,25-26H,6-7,10,21H2,1H3,(H,22,27)/t16-/m0/s1. The fraction of sp³-hybridized carbons (Fsp3) is 0.250. The van der Waals surface area contributed by atoms with Crippen molar-refractivity contribution in [1.82, 2.24) is 20.2 Å². The molecule has 0 spiro atoms. The molecule has 5 N–H and O–H groups in total. The molecule has 3 aromatic rings. The summed E-state index contributed by atoms with van der Waals surface area (Å²) in [5.74, 6) is -0.616. The number of benzene rings is 2. The first-order valence-corrected chi connectivity index (χ1v) is 11.2. The summed E-state index contributed by atoms with van der Waals surface area (Å²) < 4.78 is 32.6. The minimum Gasteiger partial charge on any atom is -0.506 e. The molecule has 1 amide bonds. The van der Waals surface area contributed by atoms with Gasteiger partial charge in [0.15, 0.2) is 0 Å². The van der Waals surface area contributed by atoms with Crippen molar-refractivity contribution in [3.8, 4) is 28.6 Å². The Morgan fingerprint density at radius 2 is 2.13 bits per heavy atom. The predicted molar refractivity (Wildman–Crippen MR) is 113 cm³/mol. The van der Waals surface area contributed by atoms with Crippen LogP contribution in [0.1, 0.15) is 23.6 Å². The van der Waals surface area contributed by atoms with E-state index in [9.17, 15) is 18.3 Å². The lowest BCUT2D eigenvalue weighted by molar-refractivity contribution is -0.118. The first kappa shape index (κ1) is 20.8. The van der Waals surface area contributed by atoms with Gasteiger partial charge in [0, 0.05) is 24.2 Å². The van der Waals surface area contributed by atoms with Gasteiger partial charge in [-0.15, -0.1) is 0 Å². The quantitative estimate of drug-likeness (QED) is 0.328. The van der Waals surface area contributed by atoms with Gasteiger partial charge in [0.1, 0.15) is 11.5 Å². The van der Waals surface area contributed by atoms with Gasteiger partial charge in [-0.05, 0) is 42.2 Å². The van der Waals surface area contributed by atoms with E-state index in [1.807, 2.05) is 12.1 Å². The third-order valence-corrected chi connectivity index (χ3v) is 6.42. The number of nitrogens with zero attached hydrogens (tertiary/aromatic N) is 2. The Kier molecular flexibility index (Phi) is 5.38. The molecule has 10 nitrogen and oxygen atoms in total. The number of nitrogens with one attached hydrogen (secondary N) is 2. The van der Waals surface area contributed by atoms with Crippen molar-refractivity contribution >= 4 is 21.6 Å². The zero-order valence-corrected chi connectivity index (χ0v) is 17.4. The Hall–Kier alpha value is -3.44. The molecule has 1 atom stereocenters. The lowest BCUT2D eigenvalue weighted by atomic mass is 10.0. The number of hydrogen-bond donors (Lipinski definition) is 4. The molecule has 0 fully saturated rings. The molecule has 31 heavy (non-hydrogen) atoms. The highest BCUT2D eigenvalue weighted by Gasteiger charge is 2.30. The van der Waals surface area contributed by atoms with Gasteiger partial charge in [-0.1, -0.05) is 23.4 Å². The number of rotatable bonds is 6. The van der Waals surface area contributed by atoms with Crippen molar-refractivity contribution in [2.75, 3.05) is 18.5 Å². The fourth-order valence-electron chi connectivity index (χ4n) is 3.63. The lowest BCUT2D eigenvalue weighted by Gasteiger charge is -2.14. The Morgan fingerprint density at radius 1 is 1.32 bits per heavy atom. The van der Waals surface area contributed by atoms with Crippen LogP contribution in [0.5, 0.6) is 5.75 Å². The first-order chi connectivity index (χ1) is 14.8. The summed E-state index contributed by atoms with van der Waals surface area (Å²) in [5, 5.41) is 16.0. The van der Waals surface area contributed by atoms with E-state index in [0.29, 0.717) is 24.2 Å². The molecule has 2 aromatic carbocycles. The van der Waals surface area contributed by atoms with E-state index in [2.05, 4.69) is 20.2 Å². The van der Waals surface area contributed by atoms with Crippen molar-refractivity contribution in [3.05, 3.63) is 47.5 Å². The maximum absolute atomic E-state index is 12.3. The number of amides is 1. The third-order valence-electron chi connectivity index (χ3n) is 5.13. The average molecular weight is 443 g/mol. The monoisotopic (exact) mass is 443 g/mol. The number of sulfonamides is 1. The Balaban J connectivity index is 1.61. The Labute approximate surface area is 178 Å². The number of hydrogen-bond acceptors (Lipinski definition) is 8. The smallest absolute Gasteiger partial charge is 0.258 e. The molecule has 0 saturated heterocycles. The molecule has 0 aliphatic heterocycles.